The van der Waals surface area contributed by atoms with Crippen molar-refractivity contribution in [2.75, 3.05) is 0 Å². The molecule has 1 aromatic heterocycles. The number of halogens is 1. The first-order valence-corrected chi connectivity index (χ1v) is 6.05. The molecule has 0 spiro atoms. The number of nitrogens with one attached hydrogen (secondary N) is 1. The van der Waals surface area contributed by atoms with Crippen molar-refractivity contribution in [3.8, 4) is 17.2 Å². The van der Waals surface area contributed by atoms with E-state index in [1.165, 1.54) is 24.3 Å². The molecule has 102 valence electrons. The number of aromatic nitrogens is 1. The number of nitrogens with zero attached hydrogens (tertiary/aromatic N) is 2. The lowest BCUT2D eigenvalue weighted by Crippen LogP contribution is -1.87. The summed E-state index contributed by atoms with van der Waals surface area (Å²) in [6.07, 6.45) is 1.66. The van der Waals surface area contributed by atoms with Crippen molar-refractivity contribution in [3.63, 3.8) is 0 Å². The minimum absolute atomic E-state index is 0.0121. The van der Waals surface area contributed by atoms with Crippen molar-refractivity contribution in [1.82, 2.24) is 4.98 Å². The molecule has 0 unspecified atom stereocenters. The molecule has 6 heteroatoms. The lowest BCUT2D eigenvalue weighted by molar-refractivity contribution is -0.384. The Morgan fingerprint density at radius 1 is 1.24 bits per heavy atom. The van der Waals surface area contributed by atoms with Crippen LogP contribution in [0.5, 0.6) is 0 Å². The highest BCUT2D eigenvalue weighted by molar-refractivity contribution is 5.96. The van der Waals surface area contributed by atoms with Crippen molar-refractivity contribution in [2.45, 2.75) is 0 Å². The molecule has 1 N–H and O–H groups in total. The highest BCUT2D eigenvalue weighted by atomic mass is 19.1. The van der Waals surface area contributed by atoms with Crippen LogP contribution in [0, 0.1) is 27.3 Å². The lowest BCUT2D eigenvalue weighted by atomic mass is 10.0. The Balaban J connectivity index is 2.15. The monoisotopic (exact) mass is 281 g/mol. The smallest absolute Gasteiger partial charge is 0.271 e. The molecule has 0 aliphatic carbocycles. The van der Waals surface area contributed by atoms with Crippen molar-refractivity contribution < 1.29 is 9.31 Å². The summed E-state index contributed by atoms with van der Waals surface area (Å²) in [6, 6.07) is 10.6. The lowest BCUT2D eigenvalue weighted by Gasteiger charge is -2.01. The largest absolute Gasteiger partial charge is 0.360 e. The van der Waals surface area contributed by atoms with Gasteiger partial charge in [0.25, 0.3) is 5.69 Å². The van der Waals surface area contributed by atoms with Crippen LogP contribution >= 0.6 is 0 Å². The van der Waals surface area contributed by atoms with Gasteiger partial charge in [-0.1, -0.05) is 6.07 Å². The average Bonchev–Trinajstić information content (AvgIpc) is 2.90. The van der Waals surface area contributed by atoms with Crippen LogP contribution in [0.15, 0.2) is 42.6 Å². The van der Waals surface area contributed by atoms with Crippen LogP contribution in [0.25, 0.3) is 22.0 Å². The third kappa shape index (κ3) is 2.11. The molecule has 3 aromatic rings. The molecule has 0 atom stereocenters. The number of aromatic amines is 1. The number of nitro groups is 1. The van der Waals surface area contributed by atoms with Gasteiger partial charge in [-0.05, 0) is 23.8 Å². The van der Waals surface area contributed by atoms with Gasteiger partial charge in [-0.3, -0.25) is 10.1 Å². The van der Waals surface area contributed by atoms with Crippen LogP contribution < -0.4 is 0 Å². The van der Waals surface area contributed by atoms with Gasteiger partial charge in [0.15, 0.2) is 0 Å². The number of non-ortho nitro benzene ring substituents is 1. The van der Waals surface area contributed by atoms with E-state index in [1.54, 1.807) is 24.4 Å². The number of nitro benzene ring substituents is 1. The zero-order valence-electron chi connectivity index (χ0n) is 10.6. The summed E-state index contributed by atoms with van der Waals surface area (Å²) in [5.74, 6) is -0.591. The number of nitriles is 1. The van der Waals surface area contributed by atoms with Crippen LogP contribution in [0.3, 0.4) is 0 Å². The Kier molecular flexibility index (Phi) is 2.88. The van der Waals surface area contributed by atoms with Crippen molar-refractivity contribution in [1.29, 1.82) is 5.26 Å². The van der Waals surface area contributed by atoms with Gasteiger partial charge >= 0.3 is 0 Å². The van der Waals surface area contributed by atoms with Crippen LogP contribution in [-0.4, -0.2) is 9.91 Å². The molecular formula is C15H8FN3O2. The minimum atomic E-state index is -0.591. The van der Waals surface area contributed by atoms with Gasteiger partial charge in [0, 0.05) is 29.3 Å². The standard InChI is InChI=1S/C15H8FN3O2/c16-14-5-9(1-2-10(14)7-17)13-8-18-15-6-11(19(20)21)3-4-12(13)15/h1-6,8,18H. The summed E-state index contributed by atoms with van der Waals surface area (Å²) < 4.78 is 13.7. The molecule has 3 rings (SSSR count). The van der Waals surface area contributed by atoms with Crippen LogP contribution in [0.2, 0.25) is 0 Å². The van der Waals surface area contributed by atoms with E-state index in [-0.39, 0.29) is 11.3 Å². The SMILES string of the molecule is N#Cc1ccc(-c2c[nH]c3cc([N+](=O)[O-])ccc23)cc1F. The average molecular weight is 281 g/mol. The van der Waals surface area contributed by atoms with Gasteiger partial charge in [-0.25, -0.2) is 4.39 Å². The maximum atomic E-state index is 13.7. The first-order valence-electron chi connectivity index (χ1n) is 6.05. The Hall–Kier alpha value is -3.20. The van der Waals surface area contributed by atoms with Crippen molar-refractivity contribution in [3.05, 3.63) is 64.1 Å². The van der Waals surface area contributed by atoms with Gasteiger partial charge < -0.3 is 4.98 Å². The Bertz CT molecular complexity index is 909. The molecule has 2 aromatic carbocycles. The molecule has 1 heterocycles. The highest BCUT2D eigenvalue weighted by Gasteiger charge is 2.12. The zero-order chi connectivity index (χ0) is 15.0. The first kappa shape index (κ1) is 12.8. The first-order chi connectivity index (χ1) is 10.1. The van der Waals surface area contributed by atoms with Crippen molar-refractivity contribution in [2.24, 2.45) is 0 Å². The number of rotatable bonds is 2. The third-order valence-electron chi connectivity index (χ3n) is 3.28. The third-order valence-corrected chi connectivity index (χ3v) is 3.28. The van der Waals surface area contributed by atoms with Gasteiger partial charge in [0.05, 0.1) is 16.0 Å². The minimum Gasteiger partial charge on any atom is -0.360 e. The van der Waals surface area contributed by atoms with E-state index in [0.29, 0.717) is 11.1 Å². The molecule has 0 amide bonds. The maximum absolute atomic E-state index is 13.7. The maximum Gasteiger partial charge on any atom is 0.271 e. The second-order valence-corrected chi connectivity index (χ2v) is 4.50. The molecule has 0 aliphatic heterocycles. The van der Waals surface area contributed by atoms with E-state index in [2.05, 4.69) is 4.98 Å². The molecule has 0 aliphatic rings. The number of fused-ring (bicyclic) bond motifs is 1. The fourth-order valence-electron chi connectivity index (χ4n) is 2.24. The van der Waals surface area contributed by atoms with E-state index in [0.717, 1.165) is 10.9 Å². The van der Waals surface area contributed by atoms with Crippen molar-refractivity contribution >= 4 is 16.6 Å². The molecule has 0 fully saturated rings. The summed E-state index contributed by atoms with van der Waals surface area (Å²) in [7, 11) is 0. The van der Waals surface area contributed by atoms with Crippen LogP contribution in [0.1, 0.15) is 5.56 Å². The van der Waals surface area contributed by atoms with E-state index < -0.39 is 10.7 Å². The van der Waals surface area contributed by atoms with E-state index >= 15 is 0 Å². The molecule has 0 bridgehead atoms. The number of hydrogen-bond donors (Lipinski definition) is 1. The number of benzene rings is 2. The van der Waals surface area contributed by atoms with Gasteiger partial charge in [-0.15, -0.1) is 0 Å². The fourth-order valence-corrected chi connectivity index (χ4v) is 2.24. The topological polar surface area (TPSA) is 82.7 Å². The predicted octanol–water partition coefficient (Wildman–Crippen LogP) is 3.75. The Labute approximate surface area is 118 Å². The molecule has 5 nitrogen and oxygen atoms in total. The number of H-pyrrole nitrogens is 1. The predicted molar refractivity (Wildman–Crippen MR) is 75.1 cm³/mol. The molecular weight excluding hydrogens is 273 g/mol. The van der Waals surface area contributed by atoms with E-state index in [4.69, 9.17) is 5.26 Å². The fraction of sp³-hybridized carbons (Fsp3) is 0. The van der Waals surface area contributed by atoms with Gasteiger partial charge in [0.2, 0.25) is 0 Å². The van der Waals surface area contributed by atoms with E-state index in [1.807, 2.05) is 0 Å². The second-order valence-electron chi connectivity index (χ2n) is 4.50. The summed E-state index contributed by atoms with van der Waals surface area (Å²) in [6.45, 7) is 0. The molecule has 0 radical (unpaired) electrons. The summed E-state index contributed by atoms with van der Waals surface area (Å²) in [5.41, 5.74) is 1.90. The highest BCUT2D eigenvalue weighted by Crippen LogP contribution is 2.31. The summed E-state index contributed by atoms with van der Waals surface area (Å²) in [5, 5.41) is 20.2. The Morgan fingerprint density at radius 2 is 2.05 bits per heavy atom. The van der Waals surface area contributed by atoms with Gasteiger partial charge in [-0.2, -0.15) is 5.26 Å². The molecule has 0 saturated heterocycles. The molecule has 0 saturated carbocycles. The Morgan fingerprint density at radius 3 is 2.71 bits per heavy atom. The normalized spacial score (nSPS) is 10.5. The zero-order valence-corrected chi connectivity index (χ0v) is 10.6. The number of hydrogen-bond acceptors (Lipinski definition) is 3. The summed E-state index contributed by atoms with van der Waals surface area (Å²) in [4.78, 5) is 13.2. The van der Waals surface area contributed by atoms with E-state index in [9.17, 15) is 14.5 Å². The van der Waals surface area contributed by atoms with Crippen LogP contribution in [0.4, 0.5) is 10.1 Å². The molecule has 21 heavy (non-hydrogen) atoms. The second kappa shape index (κ2) is 4.72. The van der Waals surface area contributed by atoms with Crippen LogP contribution in [-0.2, 0) is 0 Å². The van der Waals surface area contributed by atoms with Gasteiger partial charge in [0.1, 0.15) is 11.9 Å². The quantitative estimate of drug-likeness (QED) is 0.573. The summed E-state index contributed by atoms with van der Waals surface area (Å²) >= 11 is 0.